The van der Waals surface area contributed by atoms with Crippen molar-refractivity contribution in [2.75, 3.05) is 6.61 Å². The number of ether oxygens (including phenoxy) is 1. The van der Waals surface area contributed by atoms with Crippen LogP contribution in [0.3, 0.4) is 0 Å². The highest BCUT2D eigenvalue weighted by Gasteiger charge is 2.14. The predicted molar refractivity (Wildman–Crippen MR) is 51.1 cm³/mol. The zero-order valence-electron chi connectivity index (χ0n) is 8.09. The quantitative estimate of drug-likeness (QED) is 0.643. The topological polar surface area (TPSA) is 35.2 Å². The minimum absolute atomic E-state index is 0.331. The molecule has 0 spiro atoms. The lowest BCUT2D eigenvalue weighted by atomic mass is 10.2. The Labute approximate surface area is 75.5 Å². The highest BCUT2D eigenvalue weighted by Crippen LogP contribution is 2.20. The van der Waals surface area contributed by atoms with Gasteiger partial charge in [0.25, 0.3) is 0 Å². The summed E-state index contributed by atoms with van der Waals surface area (Å²) in [6.45, 7) is 2.96. The van der Waals surface area contributed by atoms with Gasteiger partial charge in [-0.05, 0) is 32.6 Å². The second kappa shape index (κ2) is 5.55. The van der Waals surface area contributed by atoms with E-state index in [-0.39, 0.29) is 0 Å². The molecule has 1 unspecified atom stereocenters. The number of hydrogen-bond acceptors (Lipinski definition) is 2. The van der Waals surface area contributed by atoms with Crippen LogP contribution < -0.4 is 5.73 Å². The molecule has 0 saturated heterocycles. The van der Waals surface area contributed by atoms with Crippen molar-refractivity contribution in [2.24, 2.45) is 5.73 Å². The molecule has 1 fully saturated rings. The van der Waals surface area contributed by atoms with E-state index in [1.54, 1.807) is 0 Å². The summed E-state index contributed by atoms with van der Waals surface area (Å²) in [5.41, 5.74) is 5.63. The Morgan fingerprint density at radius 1 is 1.42 bits per heavy atom. The molecule has 0 aromatic carbocycles. The molecule has 1 aliphatic carbocycles. The molecule has 0 bridgehead atoms. The summed E-state index contributed by atoms with van der Waals surface area (Å²) in [5.74, 6) is 0. The predicted octanol–water partition coefficient (Wildman–Crippen LogP) is 2.07. The fourth-order valence-corrected chi connectivity index (χ4v) is 1.71. The van der Waals surface area contributed by atoms with Crippen LogP contribution in [0.25, 0.3) is 0 Å². The van der Waals surface area contributed by atoms with E-state index in [9.17, 15) is 0 Å². The maximum Gasteiger partial charge on any atom is 0.0575 e. The van der Waals surface area contributed by atoms with E-state index in [2.05, 4.69) is 6.92 Å². The average Bonchev–Trinajstić information content (AvgIpc) is 2.49. The third kappa shape index (κ3) is 4.07. The van der Waals surface area contributed by atoms with Crippen LogP contribution in [-0.4, -0.2) is 18.8 Å². The Balaban J connectivity index is 1.88. The number of rotatable bonds is 5. The maximum absolute atomic E-state index is 5.70. The van der Waals surface area contributed by atoms with E-state index >= 15 is 0 Å². The zero-order valence-corrected chi connectivity index (χ0v) is 8.09. The van der Waals surface area contributed by atoms with Crippen molar-refractivity contribution in [1.29, 1.82) is 0 Å². The fraction of sp³-hybridized carbons (Fsp3) is 1.00. The lowest BCUT2D eigenvalue weighted by Crippen LogP contribution is -2.16. The van der Waals surface area contributed by atoms with Crippen LogP contribution in [0.4, 0.5) is 0 Å². The van der Waals surface area contributed by atoms with E-state index in [1.165, 1.54) is 25.7 Å². The zero-order chi connectivity index (χ0) is 8.81. The van der Waals surface area contributed by atoms with E-state index in [0.717, 1.165) is 19.4 Å². The van der Waals surface area contributed by atoms with E-state index in [0.29, 0.717) is 12.1 Å². The standard InChI is InChI=1S/C10H21NO/c1-9(11)5-4-8-12-10-6-2-3-7-10/h9-10H,2-8,11H2,1H3. The SMILES string of the molecule is CC(N)CCCOC1CCCC1. The Morgan fingerprint density at radius 2 is 2.08 bits per heavy atom. The van der Waals surface area contributed by atoms with Gasteiger partial charge in [0, 0.05) is 12.6 Å². The Bertz CT molecular complexity index is 108. The Hall–Kier alpha value is -0.0800. The minimum Gasteiger partial charge on any atom is -0.378 e. The molecule has 1 rings (SSSR count). The lowest BCUT2D eigenvalue weighted by Gasteiger charge is -2.11. The first-order valence-electron chi connectivity index (χ1n) is 5.16. The number of nitrogens with two attached hydrogens (primary N) is 1. The van der Waals surface area contributed by atoms with E-state index < -0.39 is 0 Å². The van der Waals surface area contributed by atoms with Gasteiger partial charge in [-0.2, -0.15) is 0 Å². The molecule has 2 heteroatoms. The van der Waals surface area contributed by atoms with Gasteiger partial charge in [0.15, 0.2) is 0 Å². The van der Waals surface area contributed by atoms with Crippen molar-refractivity contribution in [3.8, 4) is 0 Å². The smallest absolute Gasteiger partial charge is 0.0575 e. The molecule has 1 aliphatic rings. The van der Waals surface area contributed by atoms with Gasteiger partial charge >= 0.3 is 0 Å². The summed E-state index contributed by atoms with van der Waals surface area (Å²) in [7, 11) is 0. The molecule has 72 valence electrons. The molecule has 0 radical (unpaired) electrons. The van der Waals surface area contributed by atoms with Crippen molar-refractivity contribution in [3.63, 3.8) is 0 Å². The summed E-state index contributed by atoms with van der Waals surface area (Å²) in [6, 6.07) is 0.331. The van der Waals surface area contributed by atoms with Gasteiger partial charge in [0.1, 0.15) is 0 Å². The summed E-state index contributed by atoms with van der Waals surface area (Å²) in [4.78, 5) is 0. The van der Waals surface area contributed by atoms with Crippen molar-refractivity contribution in [3.05, 3.63) is 0 Å². The Morgan fingerprint density at radius 3 is 2.67 bits per heavy atom. The molecular weight excluding hydrogens is 150 g/mol. The van der Waals surface area contributed by atoms with Gasteiger partial charge < -0.3 is 10.5 Å². The summed E-state index contributed by atoms with van der Waals surface area (Å²) in [5, 5.41) is 0. The van der Waals surface area contributed by atoms with Crippen molar-refractivity contribution < 1.29 is 4.74 Å². The van der Waals surface area contributed by atoms with Crippen molar-refractivity contribution in [1.82, 2.24) is 0 Å². The van der Waals surface area contributed by atoms with Gasteiger partial charge in [0.2, 0.25) is 0 Å². The summed E-state index contributed by atoms with van der Waals surface area (Å²) < 4.78 is 5.70. The van der Waals surface area contributed by atoms with Crippen LogP contribution in [0.15, 0.2) is 0 Å². The highest BCUT2D eigenvalue weighted by molar-refractivity contribution is 4.66. The Kier molecular flexibility index (Phi) is 4.62. The molecule has 12 heavy (non-hydrogen) atoms. The van der Waals surface area contributed by atoms with Crippen LogP contribution in [0.2, 0.25) is 0 Å². The van der Waals surface area contributed by atoms with Gasteiger partial charge in [-0.25, -0.2) is 0 Å². The first-order valence-corrected chi connectivity index (χ1v) is 5.16. The molecule has 2 N–H and O–H groups in total. The molecule has 1 atom stereocenters. The highest BCUT2D eigenvalue weighted by atomic mass is 16.5. The van der Waals surface area contributed by atoms with Crippen molar-refractivity contribution in [2.45, 2.75) is 57.6 Å². The normalized spacial score (nSPS) is 21.5. The maximum atomic E-state index is 5.70. The summed E-state index contributed by atoms with van der Waals surface area (Å²) >= 11 is 0. The molecule has 0 aromatic rings. The van der Waals surface area contributed by atoms with Crippen molar-refractivity contribution >= 4 is 0 Å². The largest absolute Gasteiger partial charge is 0.378 e. The van der Waals surface area contributed by atoms with Crippen LogP contribution in [0.5, 0.6) is 0 Å². The monoisotopic (exact) mass is 171 g/mol. The minimum atomic E-state index is 0.331. The second-order valence-corrected chi connectivity index (χ2v) is 3.90. The van der Waals surface area contributed by atoms with Gasteiger partial charge in [-0.1, -0.05) is 12.8 Å². The number of hydrogen-bond donors (Lipinski definition) is 1. The summed E-state index contributed by atoms with van der Waals surface area (Å²) in [6.07, 6.45) is 8.05. The van der Waals surface area contributed by atoms with E-state index in [4.69, 9.17) is 10.5 Å². The van der Waals surface area contributed by atoms with Crippen LogP contribution >= 0.6 is 0 Å². The molecule has 1 saturated carbocycles. The fourth-order valence-electron chi connectivity index (χ4n) is 1.71. The molecule has 2 nitrogen and oxygen atoms in total. The first kappa shape index (κ1) is 10.0. The van der Waals surface area contributed by atoms with Gasteiger partial charge in [-0.3, -0.25) is 0 Å². The third-order valence-corrected chi connectivity index (χ3v) is 2.46. The van der Waals surface area contributed by atoms with Gasteiger partial charge in [0.05, 0.1) is 6.10 Å². The third-order valence-electron chi connectivity index (χ3n) is 2.46. The van der Waals surface area contributed by atoms with Crippen LogP contribution in [0.1, 0.15) is 45.4 Å². The molecular formula is C10H21NO. The molecule has 0 aromatic heterocycles. The van der Waals surface area contributed by atoms with Crippen LogP contribution in [-0.2, 0) is 4.74 Å². The average molecular weight is 171 g/mol. The second-order valence-electron chi connectivity index (χ2n) is 3.90. The van der Waals surface area contributed by atoms with Gasteiger partial charge in [-0.15, -0.1) is 0 Å². The van der Waals surface area contributed by atoms with Crippen LogP contribution in [0, 0.1) is 0 Å². The molecule has 0 amide bonds. The molecule has 0 aliphatic heterocycles. The molecule has 0 heterocycles. The van der Waals surface area contributed by atoms with E-state index in [1.807, 2.05) is 0 Å². The first-order chi connectivity index (χ1) is 5.79. The lowest BCUT2D eigenvalue weighted by molar-refractivity contribution is 0.0553.